The minimum atomic E-state index is -0.219. The van der Waals surface area contributed by atoms with E-state index in [1.54, 1.807) is 0 Å². The topological polar surface area (TPSA) is 9.23 Å². The van der Waals surface area contributed by atoms with Crippen molar-refractivity contribution in [2.24, 2.45) is 17.8 Å². The van der Waals surface area contributed by atoms with E-state index in [0.29, 0.717) is 6.10 Å². The first kappa shape index (κ1) is 15.1. The fourth-order valence-corrected chi connectivity index (χ4v) is 3.65. The molecule has 19 heavy (non-hydrogen) atoms. The first-order valence-corrected chi connectivity index (χ1v) is 7.90. The van der Waals surface area contributed by atoms with Gasteiger partial charge in [-0.05, 0) is 35.9 Å². The molecular weight excluding hydrogens is 250 g/mol. The second-order valence-electron chi connectivity index (χ2n) is 5.90. The Morgan fingerprint density at radius 2 is 1.89 bits per heavy atom. The lowest BCUT2D eigenvalue weighted by Gasteiger charge is -2.40. The lowest BCUT2D eigenvalue weighted by Crippen LogP contribution is -2.33. The molecule has 106 valence electrons. The summed E-state index contributed by atoms with van der Waals surface area (Å²) in [4.78, 5) is 0. The van der Waals surface area contributed by atoms with Gasteiger partial charge < -0.3 is 4.52 Å². The molecule has 0 spiro atoms. The molecule has 1 aliphatic carbocycles. The Labute approximate surface area is 120 Å². The molecule has 1 fully saturated rings. The van der Waals surface area contributed by atoms with Gasteiger partial charge in [0, 0.05) is 7.57 Å². The summed E-state index contributed by atoms with van der Waals surface area (Å²) in [6, 6.07) is 10.9. The zero-order valence-electron chi connectivity index (χ0n) is 11.7. The van der Waals surface area contributed by atoms with Crippen LogP contribution in [-0.4, -0.2) is 13.7 Å². The maximum atomic E-state index is 6.60. The van der Waals surface area contributed by atoms with Crippen LogP contribution in [0.15, 0.2) is 30.3 Å². The smallest absolute Gasteiger partial charge is 0.0609 e. The van der Waals surface area contributed by atoms with Crippen LogP contribution in [0.25, 0.3) is 0 Å². The summed E-state index contributed by atoms with van der Waals surface area (Å²) in [5.41, 5.74) is 0. The molecule has 4 atom stereocenters. The third-order valence-electron chi connectivity index (χ3n) is 4.01. The van der Waals surface area contributed by atoms with Gasteiger partial charge in [0.1, 0.15) is 0 Å². The number of hydrogen-bond donors (Lipinski definition) is 0. The van der Waals surface area contributed by atoms with Crippen molar-refractivity contribution in [3.63, 3.8) is 0 Å². The molecule has 1 aliphatic rings. The normalized spacial score (nSPS) is 29.4. The predicted molar refractivity (Wildman–Crippen MR) is 89.2 cm³/mol. The Balaban J connectivity index is 2.02. The summed E-state index contributed by atoms with van der Waals surface area (Å²) in [6.07, 6.45) is 4.55. The maximum Gasteiger partial charge on any atom is 0.0609 e. The van der Waals surface area contributed by atoms with Gasteiger partial charge in [-0.3, -0.25) is 0 Å². The summed E-state index contributed by atoms with van der Waals surface area (Å²) in [7, 11) is 0.0199. The lowest BCUT2D eigenvalue weighted by molar-refractivity contribution is 0.0583. The van der Waals surface area contributed by atoms with Crippen molar-refractivity contribution >= 4 is 20.9 Å². The molecule has 0 N–H and O–H groups in total. The van der Waals surface area contributed by atoms with E-state index < -0.39 is 0 Å². The monoisotopic (exact) mass is 277 g/mol. The van der Waals surface area contributed by atoms with Crippen LogP contribution in [-0.2, 0) is 4.52 Å². The molecule has 1 aromatic rings. The third kappa shape index (κ3) is 4.07. The minimum Gasteiger partial charge on any atom is -0.392 e. The van der Waals surface area contributed by atoms with Crippen molar-refractivity contribution < 1.29 is 4.52 Å². The van der Waals surface area contributed by atoms with Crippen LogP contribution >= 0.6 is 8.03 Å². The molecule has 2 rings (SSSR count). The van der Waals surface area contributed by atoms with Gasteiger partial charge in [-0.25, -0.2) is 0 Å². The van der Waals surface area contributed by atoms with Crippen molar-refractivity contribution in [3.05, 3.63) is 30.3 Å². The van der Waals surface area contributed by atoms with E-state index in [-0.39, 0.29) is 15.6 Å². The molecule has 0 amide bonds. The molecule has 0 heterocycles. The standard InChI is InChI=1S/C16H27BOP/c1-12(2)15-10-9-13(3)11-16(15)18-19(17)14-7-5-4-6-8-14/h4-8,12-13,15-16H,9-11H2,1-3,17H3/q-1. The zero-order valence-corrected chi connectivity index (χ0v) is 12.6. The summed E-state index contributed by atoms with van der Waals surface area (Å²) in [5.74, 6) is 2.39. The van der Waals surface area contributed by atoms with Gasteiger partial charge in [-0.15, -0.1) is 8.03 Å². The Morgan fingerprint density at radius 3 is 2.53 bits per heavy atom. The average molecular weight is 277 g/mol. The molecule has 0 bridgehead atoms. The molecule has 1 aromatic carbocycles. The molecule has 1 saturated carbocycles. The highest BCUT2D eigenvalue weighted by Crippen LogP contribution is 2.42. The van der Waals surface area contributed by atoms with Crippen LogP contribution in [0, 0.1) is 17.8 Å². The van der Waals surface area contributed by atoms with E-state index in [2.05, 4.69) is 51.1 Å². The summed E-state index contributed by atoms with van der Waals surface area (Å²) >= 11 is 0. The SMILES string of the molecule is [BH3-]P(OC1CC(C)CCC1C(C)C)c1ccccc1. The van der Waals surface area contributed by atoms with Gasteiger partial charge in [0.15, 0.2) is 0 Å². The van der Waals surface area contributed by atoms with Gasteiger partial charge in [0.05, 0.1) is 6.10 Å². The van der Waals surface area contributed by atoms with Gasteiger partial charge in [-0.2, -0.15) is 0 Å². The Hall–Kier alpha value is -0.325. The molecule has 1 nitrogen and oxygen atoms in total. The van der Waals surface area contributed by atoms with Crippen LogP contribution in [0.3, 0.4) is 0 Å². The minimum absolute atomic E-state index is 0.219. The molecule has 0 aliphatic heterocycles. The largest absolute Gasteiger partial charge is 0.392 e. The van der Waals surface area contributed by atoms with Crippen molar-refractivity contribution in [1.29, 1.82) is 0 Å². The van der Waals surface area contributed by atoms with Crippen LogP contribution in [0.4, 0.5) is 0 Å². The highest BCUT2D eigenvalue weighted by molar-refractivity contribution is 7.84. The first-order valence-electron chi connectivity index (χ1n) is 7.08. The lowest BCUT2D eigenvalue weighted by atomic mass is 9.75. The van der Waals surface area contributed by atoms with Crippen LogP contribution in [0.1, 0.15) is 40.0 Å². The van der Waals surface area contributed by atoms with E-state index in [0.717, 1.165) is 17.8 Å². The summed E-state index contributed by atoms with van der Waals surface area (Å²) < 4.78 is 6.60. The number of benzene rings is 1. The highest BCUT2D eigenvalue weighted by atomic mass is 31.1. The van der Waals surface area contributed by atoms with Crippen LogP contribution in [0.2, 0.25) is 0 Å². The predicted octanol–water partition coefficient (Wildman–Crippen LogP) is 3.47. The van der Waals surface area contributed by atoms with E-state index in [9.17, 15) is 0 Å². The van der Waals surface area contributed by atoms with Gasteiger partial charge in [-0.1, -0.05) is 57.5 Å². The molecule has 4 unspecified atom stereocenters. The number of rotatable bonds is 4. The fraction of sp³-hybridized carbons (Fsp3) is 0.625. The zero-order chi connectivity index (χ0) is 13.8. The molecule has 0 radical (unpaired) electrons. The summed E-state index contributed by atoms with van der Waals surface area (Å²) in [5, 5.41) is 1.47. The van der Waals surface area contributed by atoms with E-state index in [1.165, 1.54) is 24.6 Å². The molecule has 0 aromatic heterocycles. The van der Waals surface area contributed by atoms with E-state index in [4.69, 9.17) is 4.52 Å². The van der Waals surface area contributed by atoms with Crippen LogP contribution < -0.4 is 5.30 Å². The second-order valence-corrected chi connectivity index (χ2v) is 6.81. The van der Waals surface area contributed by atoms with E-state index >= 15 is 0 Å². The Kier molecular flexibility index (Phi) is 5.48. The average Bonchev–Trinajstić information content (AvgIpc) is 2.39. The molecule has 3 heteroatoms. The quantitative estimate of drug-likeness (QED) is 0.605. The van der Waals surface area contributed by atoms with E-state index in [1.807, 2.05) is 0 Å². The van der Waals surface area contributed by atoms with Gasteiger partial charge in [0.25, 0.3) is 0 Å². The molecular formula is C16H27BOP-. The first-order chi connectivity index (χ1) is 9.08. The number of hydrogen-bond acceptors (Lipinski definition) is 1. The Morgan fingerprint density at radius 1 is 1.21 bits per heavy atom. The van der Waals surface area contributed by atoms with Crippen LogP contribution in [0.5, 0.6) is 0 Å². The van der Waals surface area contributed by atoms with Gasteiger partial charge in [0.2, 0.25) is 0 Å². The summed E-state index contributed by atoms with van der Waals surface area (Å²) in [6.45, 7) is 7.12. The second kappa shape index (κ2) is 6.91. The van der Waals surface area contributed by atoms with Crippen molar-refractivity contribution in [2.75, 3.05) is 0 Å². The Bertz CT molecular complexity index is 382. The van der Waals surface area contributed by atoms with Gasteiger partial charge >= 0.3 is 0 Å². The fourth-order valence-electron chi connectivity index (χ4n) is 2.85. The van der Waals surface area contributed by atoms with Crippen molar-refractivity contribution in [3.8, 4) is 0 Å². The van der Waals surface area contributed by atoms with Crippen molar-refractivity contribution in [2.45, 2.75) is 46.1 Å². The highest BCUT2D eigenvalue weighted by Gasteiger charge is 2.31. The van der Waals surface area contributed by atoms with Crippen molar-refractivity contribution in [1.82, 2.24) is 0 Å². The molecule has 0 saturated heterocycles. The third-order valence-corrected chi connectivity index (χ3v) is 4.90. The maximum absolute atomic E-state index is 6.60.